The number of aryl methyl sites for hydroxylation is 1. The normalized spacial score (nSPS) is 23.0. The van der Waals surface area contributed by atoms with Crippen molar-refractivity contribution in [2.24, 2.45) is 0 Å². The maximum atomic E-state index is 13.1. The summed E-state index contributed by atoms with van der Waals surface area (Å²) in [5, 5.41) is 21.0. The van der Waals surface area contributed by atoms with Crippen LogP contribution in [0.15, 0.2) is 53.4 Å². The summed E-state index contributed by atoms with van der Waals surface area (Å²) < 4.78 is 26.1. The molecule has 2 aromatic carbocycles. The Bertz CT molecular complexity index is 926. The van der Waals surface area contributed by atoms with Crippen LogP contribution in [-0.2, 0) is 14.6 Å². The highest BCUT2D eigenvalue weighted by Crippen LogP contribution is 2.31. The van der Waals surface area contributed by atoms with Gasteiger partial charge in [-0.05, 0) is 43.1 Å². The van der Waals surface area contributed by atoms with E-state index in [1.807, 2.05) is 31.2 Å². The van der Waals surface area contributed by atoms with Gasteiger partial charge >= 0.3 is 0 Å². The highest BCUT2D eigenvalue weighted by Gasteiger charge is 2.52. The second-order valence-corrected chi connectivity index (χ2v) is 8.89. The molecule has 1 aliphatic heterocycles. The first kappa shape index (κ1) is 19.5. The van der Waals surface area contributed by atoms with Crippen molar-refractivity contribution < 1.29 is 23.5 Å². The predicted molar refractivity (Wildman–Crippen MR) is 100.0 cm³/mol. The number of aliphatic hydroxyl groups is 1. The lowest BCUT2D eigenvalue weighted by Crippen LogP contribution is -2.65. The van der Waals surface area contributed by atoms with Crippen molar-refractivity contribution in [3.63, 3.8) is 0 Å². The van der Waals surface area contributed by atoms with E-state index < -0.39 is 26.6 Å². The lowest BCUT2D eigenvalue weighted by molar-refractivity contribution is -0.149. The molecular formula is C19H22N2O5S. The SMILES string of the molecule is Cc1ccc(-c2ccc(S(=O)(=O)C3CCNCC3(O)C(=O)NO)cc2)cc1. The summed E-state index contributed by atoms with van der Waals surface area (Å²) in [6, 6.07) is 14.2. The van der Waals surface area contributed by atoms with Gasteiger partial charge in [-0.2, -0.15) is 0 Å². The first-order chi connectivity index (χ1) is 12.8. The predicted octanol–water partition coefficient (Wildman–Crippen LogP) is 1.03. The van der Waals surface area contributed by atoms with E-state index in [4.69, 9.17) is 5.21 Å². The van der Waals surface area contributed by atoms with Crippen molar-refractivity contribution in [1.29, 1.82) is 0 Å². The van der Waals surface area contributed by atoms with E-state index in [0.717, 1.165) is 16.7 Å². The van der Waals surface area contributed by atoms with Crippen LogP contribution < -0.4 is 10.8 Å². The van der Waals surface area contributed by atoms with Crippen molar-refractivity contribution in [2.45, 2.75) is 29.1 Å². The molecule has 7 nitrogen and oxygen atoms in total. The Morgan fingerprint density at radius 1 is 1.11 bits per heavy atom. The van der Waals surface area contributed by atoms with Crippen LogP contribution in [0, 0.1) is 6.92 Å². The maximum Gasteiger partial charge on any atom is 0.277 e. The summed E-state index contributed by atoms with van der Waals surface area (Å²) in [4.78, 5) is 12.0. The van der Waals surface area contributed by atoms with Crippen LogP contribution in [0.25, 0.3) is 11.1 Å². The Labute approximate surface area is 157 Å². The molecule has 4 N–H and O–H groups in total. The van der Waals surface area contributed by atoms with Crippen LogP contribution in [0.3, 0.4) is 0 Å². The van der Waals surface area contributed by atoms with Gasteiger partial charge in [0, 0.05) is 6.54 Å². The zero-order valence-electron chi connectivity index (χ0n) is 14.8. The molecule has 8 heteroatoms. The molecule has 2 unspecified atom stereocenters. The smallest absolute Gasteiger partial charge is 0.277 e. The number of hydroxylamine groups is 1. The van der Waals surface area contributed by atoms with E-state index in [9.17, 15) is 18.3 Å². The summed E-state index contributed by atoms with van der Waals surface area (Å²) in [7, 11) is -3.99. The van der Waals surface area contributed by atoms with Crippen LogP contribution >= 0.6 is 0 Å². The van der Waals surface area contributed by atoms with E-state index in [1.54, 1.807) is 12.1 Å². The summed E-state index contributed by atoms with van der Waals surface area (Å²) in [5.41, 5.74) is 2.08. The molecule has 0 aromatic heterocycles. The molecule has 2 aromatic rings. The summed E-state index contributed by atoms with van der Waals surface area (Å²) in [6.45, 7) is 2.07. The molecular weight excluding hydrogens is 368 g/mol. The number of amides is 1. The lowest BCUT2D eigenvalue weighted by Gasteiger charge is -2.37. The second-order valence-electron chi connectivity index (χ2n) is 6.75. The quantitative estimate of drug-likeness (QED) is 0.458. The van der Waals surface area contributed by atoms with Gasteiger partial charge in [-0.1, -0.05) is 42.0 Å². The molecule has 0 radical (unpaired) electrons. The summed E-state index contributed by atoms with van der Waals surface area (Å²) in [5.74, 6) is -1.14. The molecule has 0 bridgehead atoms. The third kappa shape index (κ3) is 3.61. The Kier molecular flexibility index (Phi) is 5.34. The molecule has 1 saturated heterocycles. The van der Waals surface area contributed by atoms with E-state index in [1.165, 1.54) is 17.6 Å². The van der Waals surface area contributed by atoms with Gasteiger partial charge in [0.2, 0.25) is 0 Å². The Morgan fingerprint density at radius 2 is 1.67 bits per heavy atom. The molecule has 0 aliphatic carbocycles. The Morgan fingerprint density at radius 3 is 2.22 bits per heavy atom. The van der Waals surface area contributed by atoms with E-state index >= 15 is 0 Å². The van der Waals surface area contributed by atoms with Crippen LogP contribution in [0.1, 0.15) is 12.0 Å². The zero-order chi connectivity index (χ0) is 19.7. The van der Waals surface area contributed by atoms with Gasteiger partial charge in [-0.25, -0.2) is 13.9 Å². The van der Waals surface area contributed by atoms with Gasteiger partial charge in [-0.15, -0.1) is 0 Å². The van der Waals surface area contributed by atoms with Crippen molar-refractivity contribution in [3.05, 3.63) is 54.1 Å². The van der Waals surface area contributed by atoms with Crippen LogP contribution in [0.5, 0.6) is 0 Å². The molecule has 0 saturated carbocycles. The molecule has 144 valence electrons. The third-order valence-electron chi connectivity index (χ3n) is 4.95. The number of carbonyl (C=O) groups is 1. The fraction of sp³-hybridized carbons (Fsp3) is 0.316. The van der Waals surface area contributed by atoms with Crippen molar-refractivity contribution in [1.82, 2.24) is 10.8 Å². The number of β-amino-alcohol motifs (C(OH)–C–C–N with tert-alkyl or cyclic N) is 1. The number of piperidine rings is 1. The van der Waals surface area contributed by atoms with Crippen LogP contribution in [-0.4, -0.2) is 48.6 Å². The van der Waals surface area contributed by atoms with Gasteiger partial charge in [0.15, 0.2) is 15.4 Å². The highest BCUT2D eigenvalue weighted by molar-refractivity contribution is 7.92. The van der Waals surface area contributed by atoms with Gasteiger partial charge in [-0.3, -0.25) is 10.0 Å². The molecule has 0 spiro atoms. The molecule has 1 aliphatic rings. The van der Waals surface area contributed by atoms with Gasteiger partial charge in [0.25, 0.3) is 5.91 Å². The molecule has 2 atom stereocenters. The van der Waals surface area contributed by atoms with Crippen molar-refractivity contribution in [2.75, 3.05) is 13.1 Å². The molecule has 1 amide bonds. The zero-order valence-corrected chi connectivity index (χ0v) is 15.7. The number of hydrogen-bond donors (Lipinski definition) is 4. The maximum absolute atomic E-state index is 13.1. The number of sulfone groups is 1. The first-order valence-corrected chi connectivity index (χ1v) is 10.1. The minimum absolute atomic E-state index is 0.0226. The molecule has 3 rings (SSSR count). The van der Waals surface area contributed by atoms with E-state index in [2.05, 4.69) is 5.32 Å². The molecule has 1 fully saturated rings. The Balaban J connectivity index is 1.94. The van der Waals surface area contributed by atoms with Crippen molar-refractivity contribution >= 4 is 15.7 Å². The van der Waals surface area contributed by atoms with Crippen LogP contribution in [0.4, 0.5) is 0 Å². The number of hydrogen-bond acceptors (Lipinski definition) is 6. The number of benzene rings is 2. The number of rotatable bonds is 4. The van der Waals surface area contributed by atoms with Crippen molar-refractivity contribution in [3.8, 4) is 11.1 Å². The second kappa shape index (κ2) is 7.40. The number of carbonyl (C=O) groups excluding carboxylic acids is 1. The minimum atomic E-state index is -3.99. The van der Waals surface area contributed by atoms with E-state index in [-0.39, 0.29) is 17.9 Å². The topological polar surface area (TPSA) is 116 Å². The summed E-state index contributed by atoms with van der Waals surface area (Å²) in [6.07, 6.45) is 0.0476. The number of nitrogens with one attached hydrogen (secondary N) is 2. The average molecular weight is 390 g/mol. The minimum Gasteiger partial charge on any atom is -0.377 e. The first-order valence-electron chi connectivity index (χ1n) is 8.57. The Hall–Kier alpha value is -2.26. The van der Waals surface area contributed by atoms with Gasteiger partial charge in [0.05, 0.1) is 4.90 Å². The van der Waals surface area contributed by atoms with Gasteiger partial charge < -0.3 is 10.4 Å². The largest absolute Gasteiger partial charge is 0.377 e. The summed E-state index contributed by atoms with van der Waals surface area (Å²) >= 11 is 0. The fourth-order valence-corrected chi connectivity index (χ4v) is 5.32. The lowest BCUT2D eigenvalue weighted by atomic mass is 9.93. The van der Waals surface area contributed by atoms with Crippen LogP contribution in [0.2, 0.25) is 0 Å². The van der Waals surface area contributed by atoms with Gasteiger partial charge in [0.1, 0.15) is 5.25 Å². The van der Waals surface area contributed by atoms with E-state index in [0.29, 0.717) is 6.54 Å². The third-order valence-corrected chi connectivity index (χ3v) is 7.25. The molecule has 1 heterocycles. The monoisotopic (exact) mass is 390 g/mol. The average Bonchev–Trinajstić information content (AvgIpc) is 2.68. The molecule has 27 heavy (non-hydrogen) atoms. The highest BCUT2D eigenvalue weighted by atomic mass is 32.2. The standard InChI is InChI=1S/C19H22N2O5S/c1-13-2-4-14(5-3-13)15-6-8-16(9-7-15)27(25,26)17-10-11-20-12-19(17,23)18(22)21-24/h2-9,17,20,23-24H,10-12H2,1H3,(H,21,22). The fourth-order valence-electron chi connectivity index (χ4n) is 3.35.